The van der Waals surface area contributed by atoms with Crippen molar-refractivity contribution >= 4 is 5.97 Å². The minimum Gasteiger partial charge on any atom is -0.482 e. The van der Waals surface area contributed by atoms with Gasteiger partial charge in [-0.2, -0.15) is 0 Å². The van der Waals surface area contributed by atoms with Crippen LogP contribution in [0.25, 0.3) is 0 Å². The van der Waals surface area contributed by atoms with E-state index in [-0.39, 0.29) is 12.5 Å². The van der Waals surface area contributed by atoms with Gasteiger partial charge in [0.1, 0.15) is 5.75 Å². The van der Waals surface area contributed by atoms with E-state index in [0.29, 0.717) is 25.0 Å². The molecule has 2 rings (SSSR count). The third-order valence-corrected chi connectivity index (χ3v) is 3.82. The van der Waals surface area contributed by atoms with Gasteiger partial charge in [-0.3, -0.25) is 0 Å². The smallest absolute Gasteiger partial charge is 0.341 e. The van der Waals surface area contributed by atoms with Crippen LogP contribution in [0.15, 0.2) is 18.2 Å². The largest absolute Gasteiger partial charge is 0.482 e. The van der Waals surface area contributed by atoms with Crippen molar-refractivity contribution in [2.24, 2.45) is 0 Å². The molecule has 0 fully saturated rings. The number of carbonyl (C=O) groups is 1. The summed E-state index contributed by atoms with van der Waals surface area (Å²) in [5, 5.41) is 19.1. The number of benzene rings is 1. The average Bonchev–Trinajstić information content (AvgIpc) is 2.35. The number of fused-ring (bicyclic) bond motifs is 1. The highest BCUT2D eigenvalue weighted by molar-refractivity contribution is 5.68. The van der Waals surface area contributed by atoms with Gasteiger partial charge in [0.2, 0.25) is 0 Å². The van der Waals surface area contributed by atoms with Crippen LogP contribution in [-0.4, -0.2) is 28.4 Å². The molecule has 0 aliphatic heterocycles. The maximum Gasteiger partial charge on any atom is 0.341 e. The lowest BCUT2D eigenvalue weighted by molar-refractivity contribution is -0.139. The Morgan fingerprint density at radius 3 is 2.95 bits per heavy atom. The van der Waals surface area contributed by atoms with E-state index in [1.807, 2.05) is 19.1 Å². The van der Waals surface area contributed by atoms with Crippen molar-refractivity contribution in [2.45, 2.75) is 37.7 Å². The van der Waals surface area contributed by atoms with Crippen molar-refractivity contribution in [3.8, 4) is 5.75 Å². The molecule has 2 unspecified atom stereocenters. The van der Waals surface area contributed by atoms with Crippen LogP contribution < -0.4 is 4.74 Å². The quantitative estimate of drug-likeness (QED) is 0.873. The molecule has 2 N–H and O–H groups in total. The number of carboxylic acids is 1. The molecule has 0 aromatic heterocycles. The van der Waals surface area contributed by atoms with Crippen LogP contribution in [-0.2, 0) is 11.2 Å². The summed E-state index contributed by atoms with van der Waals surface area (Å²) in [5.74, 6) is -0.424. The molecular weight excluding hydrogens is 244 g/mol. The van der Waals surface area contributed by atoms with Crippen molar-refractivity contribution in [3.05, 3.63) is 36.2 Å². The Labute approximate surface area is 113 Å². The van der Waals surface area contributed by atoms with E-state index in [0.717, 1.165) is 11.1 Å². The van der Waals surface area contributed by atoms with Crippen molar-refractivity contribution in [2.75, 3.05) is 6.61 Å². The lowest BCUT2D eigenvalue weighted by Crippen LogP contribution is -2.37. The number of hydrogen-bond donors (Lipinski definition) is 2. The Kier molecular flexibility index (Phi) is 3.80. The minimum absolute atomic E-state index is 0.0374. The number of aliphatic hydroxyl groups is 1. The Bertz CT molecular complexity index is 479. The molecule has 1 aliphatic carbocycles. The number of rotatable bonds is 4. The number of ether oxygens (including phenoxy) is 1. The molecule has 103 valence electrons. The third-order valence-electron chi connectivity index (χ3n) is 3.82. The predicted molar refractivity (Wildman–Crippen MR) is 71.2 cm³/mol. The summed E-state index contributed by atoms with van der Waals surface area (Å²) in [6.07, 6.45) is 1.92. The molecular formula is C15H19O4. The molecule has 0 spiro atoms. The van der Waals surface area contributed by atoms with Crippen LogP contribution in [0.3, 0.4) is 0 Å². The second-order valence-electron chi connectivity index (χ2n) is 5.20. The number of aliphatic carboxylic acids is 1. The molecule has 0 saturated heterocycles. The SMILES string of the molecule is [CH2]CC1c2cccc(OCC(=O)O)c2CCC1(C)O. The van der Waals surface area contributed by atoms with Crippen LogP contribution >= 0.6 is 0 Å². The van der Waals surface area contributed by atoms with Gasteiger partial charge < -0.3 is 14.9 Å². The van der Waals surface area contributed by atoms with Gasteiger partial charge in [-0.05, 0) is 43.4 Å². The molecule has 1 aromatic rings. The summed E-state index contributed by atoms with van der Waals surface area (Å²) in [6.45, 7) is 5.40. The van der Waals surface area contributed by atoms with E-state index in [9.17, 15) is 9.90 Å². The topological polar surface area (TPSA) is 66.8 Å². The zero-order chi connectivity index (χ0) is 14.0. The fourth-order valence-corrected chi connectivity index (χ4v) is 2.81. The van der Waals surface area contributed by atoms with E-state index < -0.39 is 11.6 Å². The summed E-state index contributed by atoms with van der Waals surface area (Å²) in [6, 6.07) is 5.58. The first kappa shape index (κ1) is 13.9. The van der Waals surface area contributed by atoms with Gasteiger partial charge in [0.25, 0.3) is 0 Å². The maximum atomic E-state index is 10.6. The van der Waals surface area contributed by atoms with Crippen LogP contribution in [0.5, 0.6) is 5.75 Å². The molecule has 19 heavy (non-hydrogen) atoms. The molecule has 1 aromatic carbocycles. The van der Waals surface area contributed by atoms with Gasteiger partial charge in [0.05, 0.1) is 5.60 Å². The highest BCUT2D eigenvalue weighted by Gasteiger charge is 2.37. The van der Waals surface area contributed by atoms with E-state index in [1.54, 1.807) is 6.07 Å². The second kappa shape index (κ2) is 5.21. The zero-order valence-corrected chi connectivity index (χ0v) is 11.1. The molecule has 0 bridgehead atoms. The molecule has 4 heteroatoms. The first-order chi connectivity index (χ1) is 8.95. The average molecular weight is 263 g/mol. The maximum absolute atomic E-state index is 10.6. The Morgan fingerprint density at radius 2 is 2.32 bits per heavy atom. The van der Waals surface area contributed by atoms with Crippen molar-refractivity contribution < 1.29 is 19.7 Å². The van der Waals surface area contributed by atoms with Crippen molar-refractivity contribution in [1.29, 1.82) is 0 Å². The summed E-state index contributed by atoms with van der Waals surface area (Å²) in [4.78, 5) is 10.6. The molecule has 1 radical (unpaired) electrons. The fraction of sp³-hybridized carbons (Fsp3) is 0.467. The Morgan fingerprint density at radius 1 is 1.58 bits per heavy atom. The van der Waals surface area contributed by atoms with Crippen LogP contribution in [0, 0.1) is 6.92 Å². The molecule has 2 atom stereocenters. The first-order valence-electron chi connectivity index (χ1n) is 6.43. The third kappa shape index (κ3) is 2.73. The molecule has 0 saturated carbocycles. The zero-order valence-electron chi connectivity index (χ0n) is 11.1. The molecule has 0 heterocycles. The van der Waals surface area contributed by atoms with Crippen molar-refractivity contribution in [1.82, 2.24) is 0 Å². The monoisotopic (exact) mass is 263 g/mol. The van der Waals surface area contributed by atoms with Gasteiger partial charge in [-0.15, -0.1) is 0 Å². The Hall–Kier alpha value is -1.55. The van der Waals surface area contributed by atoms with Gasteiger partial charge >= 0.3 is 5.97 Å². The van der Waals surface area contributed by atoms with Gasteiger partial charge in [0.15, 0.2) is 6.61 Å². The Balaban J connectivity index is 2.35. The number of carboxylic acid groups (broad SMARTS) is 1. The summed E-state index contributed by atoms with van der Waals surface area (Å²) < 4.78 is 5.33. The normalized spacial score (nSPS) is 25.7. The van der Waals surface area contributed by atoms with Gasteiger partial charge in [0, 0.05) is 5.92 Å². The second-order valence-corrected chi connectivity index (χ2v) is 5.20. The van der Waals surface area contributed by atoms with Crippen molar-refractivity contribution in [3.63, 3.8) is 0 Å². The molecule has 4 nitrogen and oxygen atoms in total. The lowest BCUT2D eigenvalue weighted by atomic mass is 9.71. The summed E-state index contributed by atoms with van der Waals surface area (Å²) in [7, 11) is 0. The van der Waals surface area contributed by atoms with E-state index in [4.69, 9.17) is 9.84 Å². The lowest BCUT2D eigenvalue weighted by Gasteiger charge is -2.38. The first-order valence-corrected chi connectivity index (χ1v) is 6.43. The standard InChI is InChI=1S/C15H19O4/c1-3-12-10-5-4-6-13(19-9-14(16)17)11(10)7-8-15(12,2)18/h4-6,12,18H,1,3,7-9H2,2H3,(H,16,17). The van der Waals surface area contributed by atoms with Crippen LogP contribution in [0.2, 0.25) is 0 Å². The summed E-state index contributed by atoms with van der Waals surface area (Å²) in [5.41, 5.74) is 1.26. The highest BCUT2D eigenvalue weighted by atomic mass is 16.5. The van der Waals surface area contributed by atoms with Crippen LogP contribution in [0.4, 0.5) is 0 Å². The van der Waals surface area contributed by atoms with E-state index >= 15 is 0 Å². The van der Waals surface area contributed by atoms with Crippen LogP contribution in [0.1, 0.15) is 36.8 Å². The molecule has 1 aliphatic rings. The fourth-order valence-electron chi connectivity index (χ4n) is 2.81. The van der Waals surface area contributed by atoms with Gasteiger partial charge in [-0.25, -0.2) is 4.79 Å². The number of hydrogen-bond acceptors (Lipinski definition) is 3. The summed E-state index contributed by atoms with van der Waals surface area (Å²) >= 11 is 0. The minimum atomic E-state index is -0.992. The highest BCUT2D eigenvalue weighted by Crippen LogP contribution is 2.43. The van der Waals surface area contributed by atoms with Gasteiger partial charge in [-0.1, -0.05) is 19.1 Å². The van der Waals surface area contributed by atoms with E-state index in [2.05, 4.69) is 6.92 Å². The van der Waals surface area contributed by atoms with E-state index in [1.165, 1.54) is 0 Å². The predicted octanol–water partition coefficient (Wildman–Crippen LogP) is 2.15. The molecule has 0 amide bonds.